The summed E-state index contributed by atoms with van der Waals surface area (Å²) < 4.78 is 1.77. The minimum absolute atomic E-state index is 0.0521. The molecule has 6 nitrogen and oxygen atoms in total. The second kappa shape index (κ2) is 9.74. The van der Waals surface area contributed by atoms with Crippen LogP contribution < -0.4 is 5.32 Å². The van der Waals surface area contributed by atoms with Crippen molar-refractivity contribution in [3.05, 3.63) is 102 Å². The fraction of sp³-hybridized carbons (Fsp3) is 0.200. The van der Waals surface area contributed by atoms with Crippen LogP contribution in [-0.4, -0.2) is 38.5 Å². The van der Waals surface area contributed by atoms with Crippen LogP contribution in [0.2, 0.25) is 0 Å². The van der Waals surface area contributed by atoms with E-state index in [1.165, 1.54) is 11.9 Å². The number of hydrogen-bond acceptors (Lipinski definition) is 4. The number of benzene rings is 1. The summed E-state index contributed by atoms with van der Waals surface area (Å²) in [6.07, 6.45) is 14.2. The maximum absolute atomic E-state index is 13.1. The number of allylic oxidation sites excluding steroid dienone is 3. The first-order valence-corrected chi connectivity index (χ1v) is 10.4. The number of amides is 1. The highest BCUT2D eigenvalue weighted by atomic mass is 16.2. The zero-order chi connectivity index (χ0) is 21.5. The van der Waals surface area contributed by atoms with E-state index in [0.29, 0.717) is 25.2 Å². The highest BCUT2D eigenvalue weighted by molar-refractivity contribution is 6.00. The summed E-state index contributed by atoms with van der Waals surface area (Å²) in [5, 5.41) is 7.74. The smallest absolute Gasteiger partial charge is 0.255 e. The van der Waals surface area contributed by atoms with Crippen molar-refractivity contribution in [2.75, 3.05) is 18.4 Å². The van der Waals surface area contributed by atoms with Gasteiger partial charge in [0.05, 0.1) is 5.56 Å². The molecule has 0 spiro atoms. The standard InChI is InChI=1S/C25H25N5O/c1-2-3-4-5-6-7-11-15-29-16-14-21-22(25(29)31)18-30-23(21)24(27-19-28-30)26-17-20-12-9-8-10-13-20/h2-3,5-10,12-13,18-19H,1,11,14-17H2,(H,26,27,28)/b7-6-. The fourth-order valence-corrected chi connectivity index (χ4v) is 3.73. The van der Waals surface area contributed by atoms with Crippen molar-refractivity contribution in [2.24, 2.45) is 0 Å². The lowest BCUT2D eigenvalue weighted by atomic mass is 10.0. The molecule has 0 atom stereocenters. The molecule has 3 heterocycles. The lowest BCUT2D eigenvalue weighted by molar-refractivity contribution is 0.0744. The van der Waals surface area contributed by atoms with Gasteiger partial charge in [0.2, 0.25) is 0 Å². The van der Waals surface area contributed by atoms with Gasteiger partial charge in [-0.25, -0.2) is 9.50 Å². The Hall–Kier alpha value is -3.89. The Balaban J connectivity index is 1.48. The Labute approximate surface area is 181 Å². The Morgan fingerprint density at radius 1 is 1.23 bits per heavy atom. The largest absolute Gasteiger partial charge is 0.364 e. The quantitative estimate of drug-likeness (QED) is 0.446. The Kier molecular flexibility index (Phi) is 6.41. The Morgan fingerprint density at radius 2 is 2.10 bits per heavy atom. The van der Waals surface area contributed by atoms with Gasteiger partial charge in [-0.05, 0) is 36.1 Å². The molecule has 1 aliphatic rings. The summed E-state index contributed by atoms with van der Waals surface area (Å²) in [6, 6.07) is 10.2. The van der Waals surface area contributed by atoms with Gasteiger partial charge >= 0.3 is 0 Å². The van der Waals surface area contributed by atoms with Crippen molar-refractivity contribution in [1.82, 2.24) is 19.5 Å². The molecular formula is C25H25N5O. The molecule has 1 amide bonds. The molecule has 0 aliphatic carbocycles. The number of anilines is 1. The average molecular weight is 412 g/mol. The zero-order valence-electron chi connectivity index (χ0n) is 17.4. The highest BCUT2D eigenvalue weighted by Gasteiger charge is 2.28. The molecule has 3 aromatic rings. The number of nitrogens with zero attached hydrogens (tertiary/aromatic N) is 4. The van der Waals surface area contributed by atoms with Gasteiger partial charge in [-0.3, -0.25) is 4.79 Å². The Morgan fingerprint density at radius 3 is 2.94 bits per heavy atom. The third kappa shape index (κ3) is 4.65. The summed E-state index contributed by atoms with van der Waals surface area (Å²) in [5.41, 5.74) is 6.77. The topological polar surface area (TPSA) is 62.5 Å². The van der Waals surface area contributed by atoms with Crippen LogP contribution in [0.4, 0.5) is 5.82 Å². The molecule has 0 fully saturated rings. The second-order valence-electron chi connectivity index (χ2n) is 7.26. The van der Waals surface area contributed by atoms with E-state index in [-0.39, 0.29) is 5.91 Å². The van der Waals surface area contributed by atoms with Crippen molar-refractivity contribution in [1.29, 1.82) is 0 Å². The van der Waals surface area contributed by atoms with Gasteiger partial charge in [-0.2, -0.15) is 5.10 Å². The zero-order valence-corrected chi connectivity index (χ0v) is 17.4. The van der Waals surface area contributed by atoms with E-state index in [1.54, 1.807) is 16.7 Å². The number of aromatic nitrogens is 3. The van der Waals surface area contributed by atoms with Crippen molar-refractivity contribution in [2.45, 2.75) is 19.4 Å². The molecule has 2 aromatic heterocycles. The van der Waals surface area contributed by atoms with Gasteiger partial charge in [-0.1, -0.05) is 55.1 Å². The van der Waals surface area contributed by atoms with Crippen LogP contribution in [0.1, 0.15) is 27.9 Å². The molecule has 0 unspecified atom stereocenters. The Bertz CT molecular complexity index is 1170. The summed E-state index contributed by atoms with van der Waals surface area (Å²) >= 11 is 0. The van der Waals surface area contributed by atoms with Crippen LogP contribution in [0, 0.1) is 0 Å². The van der Waals surface area contributed by atoms with Gasteiger partial charge in [0.1, 0.15) is 11.8 Å². The molecule has 1 aromatic carbocycles. The molecule has 0 saturated heterocycles. The van der Waals surface area contributed by atoms with Crippen molar-refractivity contribution < 1.29 is 4.79 Å². The summed E-state index contributed by atoms with van der Waals surface area (Å²) in [5.74, 6) is 0.805. The van der Waals surface area contributed by atoms with Gasteiger partial charge < -0.3 is 10.2 Å². The van der Waals surface area contributed by atoms with Gasteiger partial charge in [0.25, 0.3) is 5.91 Å². The molecular weight excluding hydrogens is 386 g/mol. The van der Waals surface area contributed by atoms with E-state index in [4.69, 9.17) is 0 Å². The number of hydrogen-bond donors (Lipinski definition) is 1. The third-order valence-corrected chi connectivity index (χ3v) is 5.24. The molecule has 1 N–H and O–H groups in total. The summed E-state index contributed by atoms with van der Waals surface area (Å²) in [7, 11) is 0. The molecule has 6 heteroatoms. The van der Waals surface area contributed by atoms with Gasteiger partial charge in [0.15, 0.2) is 5.82 Å². The van der Waals surface area contributed by atoms with E-state index >= 15 is 0 Å². The number of carbonyl (C=O) groups is 1. The number of carbonyl (C=O) groups excluding carboxylic acids is 1. The van der Waals surface area contributed by atoms with Crippen LogP contribution in [0.15, 0.2) is 85.5 Å². The summed E-state index contributed by atoms with van der Waals surface area (Å²) in [4.78, 5) is 19.4. The molecule has 156 valence electrons. The average Bonchev–Trinajstić information content (AvgIpc) is 3.19. The number of fused-ring (bicyclic) bond motifs is 3. The lowest BCUT2D eigenvalue weighted by Crippen LogP contribution is -2.37. The molecule has 0 radical (unpaired) electrons. The first-order valence-electron chi connectivity index (χ1n) is 10.4. The van der Waals surface area contributed by atoms with Crippen LogP contribution in [0.5, 0.6) is 0 Å². The first-order chi connectivity index (χ1) is 15.3. The van der Waals surface area contributed by atoms with Gasteiger partial charge in [0, 0.05) is 25.8 Å². The van der Waals surface area contributed by atoms with Crippen LogP contribution in [0.3, 0.4) is 0 Å². The van der Waals surface area contributed by atoms with Crippen LogP contribution in [0.25, 0.3) is 5.52 Å². The molecule has 4 rings (SSSR count). The number of rotatable bonds is 8. The second-order valence-corrected chi connectivity index (χ2v) is 7.26. The van der Waals surface area contributed by atoms with Crippen molar-refractivity contribution in [3.63, 3.8) is 0 Å². The van der Waals surface area contributed by atoms with E-state index in [2.05, 4.69) is 39.8 Å². The normalized spacial score (nSPS) is 13.2. The van der Waals surface area contributed by atoms with Gasteiger partial charge in [-0.15, -0.1) is 5.73 Å². The summed E-state index contributed by atoms with van der Waals surface area (Å²) in [6.45, 7) is 5.65. The fourth-order valence-electron chi connectivity index (χ4n) is 3.73. The molecule has 0 saturated carbocycles. The van der Waals surface area contributed by atoms with Crippen molar-refractivity contribution >= 4 is 17.2 Å². The first kappa shape index (κ1) is 20.4. The van der Waals surface area contributed by atoms with Crippen molar-refractivity contribution in [3.8, 4) is 0 Å². The lowest BCUT2D eigenvalue weighted by Gasteiger charge is -2.26. The maximum Gasteiger partial charge on any atom is 0.255 e. The molecule has 1 aliphatic heterocycles. The van der Waals surface area contributed by atoms with E-state index in [9.17, 15) is 4.79 Å². The van der Waals surface area contributed by atoms with E-state index < -0.39 is 0 Å². The predicted octanol–water partition coefficient (Wildman–Crippen LogP) is 4.18. The maximum atomic E-state index is 13.1. The third-order valence-electron chi connectivity index (χ3n) is 5.24. The number of nitrogens with one attached hydrogen (secondary N) is 1. The molecule has 31 heavy (non-hydrogen) atoms. The SMILES string of the molecule is C=CC=C=C/C=C\CCN1CCc2c(cn3ncnc(NCc4ccccc4)c23)C1=O. The van der Waals surface area contributed by atoms with E-state index in [1.807, 2.05) is 47.5 Å². The monoisotopic (exact) mass is 411 g/mol. The van der Waals surface area contributed by atoms with Crippen LogP contribution in [-0.2, 0) is 13.0 Å². The molecule has 0 bridgehead atoms. The van der Waals surface area contributed by atoms with Crippen LogP contribution >= 0.6 is 0 Å². The highest BCUT2D eigenvalue weighted by Crippen LogP contribution is 2.28. The predicted molar refractivity (Wildman–Crippen MR) is 123 cm³/mol. The minimum Gasteiger partial charge on any atom is -0.364 e. The minimum atomic E-state index is 0.0521. The van der Waals surface area contributed by atoms with E-state index in [0.717, 1.165) is 29.7 Å².